The van der Waals surface area contributed by atoms with Gasteiger partial charge in [-0.15, -0.1) is 0 Å². The van der Waals surface area contributed by atoms with E-state index in [2.05, 4.69) is 17.1 Å². The Labute approximate surface area is 148 Å². The van der Waals surface area contributed by atoms with Gasteiger partial charge in [0.2, 0.25) is 15.9 Å². The van der Waals surface area contributed by atoms with E-state index in [0.29, 0.717) is 18.3 Å². The number of carbonyl (C=O) groups excluding carboxylic acids is 1. The van der Waals surface area contributed by atoms with Crippen molar-refractivity contribution >= 4 is 33.2 Å². The van der Waals surface area contributed by atoms with Gasteiger partial charge in [0.25, 0.3) is 0 Å². The first kappa shape index (κ1) is 19.2. The summed E-state index contributed by atoms with van der Waals surface area (Å²) in [4.78, 5) is 14.4. The number of halogens is 1. The van der Waals surface area contributed by atoms with E-state index in [1.165, 1.54) is 32.6 Å². The van der Waals surface area contributed by atoms with Crippen molar-refractivity contribution in [1.82, 2.24) is 9.21 Å². The Balaban J connectivity index is 2.11. The van der Waals surface area contributed by atoms with E-state index in [1.807, 2.05) is 0 Å². The van der Waals surface area contributed by atoms with Crippen LogP contribution < -0.4 is 5.32 Å². The van der Waals surface area contributed by atoms with Crippen LogP contribution in [0.1, 0.15) is 26.2 Å². The maximum atomic E-state index is 12.3. The van der Waals surface area contributed by atoms with E-state index >= 15 is 0 Å². The molecule has 0 unspecified atom stereocenters. The number of nitrogens with one attached hydrogen (secondary N) is 1. The summed E-state index contributed by atoms with van der Waals surface area (Å²) in [6, 6.07) is 4.88. The minimum absolute atomic E-state index is 0.0155. The third kappa shape index (κ3) is 4.47. The van der Waals surface area contributed by atoms with Crippen molar-refractivity contribution in [2.24, 2.45) is 0 Å². The SMILES string of the molecule is C[C@@H]1CCCCN1CC(=O)Nc1ccc(Cl)c(S(=O)(=O)N(C)C)c1. The first-order chi connectivity index (χ1) is 11.2. The number of amides is 1. The van der Waals surface area contributed by atoms with Gasteiger partial charge in [-0.05, 0) is 44.5 Å². The van der Waals surface area contributed by atoms with Crippen LogP contribution in [0.3, 0.4) is 0 Å². The van der Waals surface area contributed by atoms with Gasteiger partial charge < -0.3 is 5.32 Å². The van der Waals surface area contributed by atoms with Crippen LogP contribution in [-0.4, -0.2) is 56.8 Å². The molecular weight excluding hydrogens is 350 g/mol. The fourth-order valence-electron chi connectivity index (χ4n) is 2.75. The van der Waals surface area contributed by atoms with Crippen molar-refractivity contribution in [3.63, 3.8) is 0 Å². The zero-order chi connectivity index (χ0) is 17.9. The summed E-state index contributed by atoms with van der Waals surface area (Å²) in [6.45, 7) is 3.34. The molecule has 24 heavy (non-hydrogen) atoms. The number of anilines is 1. The first-order valence-corrected chi connectivity index (χ1v) is 9.79. The molecule has 0 saturated carbocycles. The highest BCUT2D eigenvalue weighted by Gasteiger charge is 2.23. The van der Waals surface area contributed by atoms with Crippen LogP contribution in [0.2, 0.25) is 5.02 Å². The lowest BCUT2D eigenvalue weighted by Crippen LogP contribution is -2.42. The summed E-state index contributed by atoms with van der Waals surface area (Å²) in [5, 5.41) is 2.90. The minimum Gasteiger partial charge on any atom is -0.325 e. The third-order valence-corrected chi connectivity index (χ3v) is 6.56. The molecule has 1 fully saturated rings. The smallest absolute Gasteiger partial charge is 0.244 e. The summed E-state index contributed by atoms with van der Waals surface area (Å²) in [7, 11) is -0.784. The zero-order valence-electron chi connectivity index (χ0n) is 14.3. The van der Waals surface area contributed by atoms with Gasteiger partial charge in [-0.3, -0.25) is 9.69 Å². The largest absolute Gasteiger partial charge is 0.325 e. The second kappa shape index (κ2) is 7.82. The Bertz CT molecular complexity index is 707. The van der Waals surface area contributed by atoms with Crippen molar-refractivity contribution in [3.05, 3.63) is 23.2 Å². The van der Waals surface area contributed by atoms with Crippen molar-refractivity contribution in [1.29, 1.82) is 0 Å². The molecule has 134 valence electrons. The first-order valence-electron chi connectivity index (χ1n) is 7.98. The number of carbonyl (C=O) groups is 1. The summed E-state index contributed by atoms with van der Waals surface area (Å²) in [5.74, 6) is -0.153. The molecule has 0 radical (unpaired) electrons. The van der Waals surface area contributed by atoms with Crippen LogP contribution in [0.25, 0.3) is 0 Å². The molecule has 2 rings (SSSR count). The van der Waals surface area contributed by atoms with Gasteiger partial charge in [0.1, 0.15) is 4.90 Å². The van der Waals surface area contributed by atoms with Gasteiger partial charge in [0, 0.05) is 25.8 Å². The van der Waals surface area contributed by atoms with Crippen molar-refractivity contribution in [2.45, 2.75) is 37.1 Å². The lowest BCUT2D eigenvalue weighted by Gasteiger charge is -2.32. The number of nitrogens with zero attached hydrogens (tertiary/aromatic N) is 2. The molecule has 8 heteroatoms. The van der Waals surface area contributed by atoms with Gasteiger partial charge in [-0.25, -0.2) is 12.7 Å². The van der Waals surface area contributed by atoms with Crippen LogP contribution in [-0.2, 0) is 14.8 Å². The Morgan fingerprint density at radius 3 is 2.71 bits per heavy atom. The average Bonchev–Trinajstić information content (AvgIpc) is 2.51. The molecule has 0 bridgehead atoms. The Morgan fingerprint density at radius 2 is 2.08 bits per heavy atom. The number of likely N-dealkylation sites (tertiary alicyclic amines) is 1. The van der Waals surface area contributed by atoms with E-state index < -0.39 is 10.0 Å². The number of benzene rings is 1. The fraction of sp³-hybridized carbons (Fsp3) is 0.562. The molecule has 0 spiro atoms. The van der Waals surface area contributed by atoms with E-state index in [4.69, 9.17) is 11.6 Å². The zero-order valence-corrected chi connectivity index (χ0v) is 15.8. The maximum Gasteiger partial charge on any atom is 0.244 e. The van der Waals surface area contributed by atoms with Crippen LogP contribution in [0.15, 0.2) is 23.1 Å². The molecular formula is C16H24ClN3O3S. The number of hydrogen-bond acceptors (Lipinski definition) is 4. The lowest BCUT2D eigenvalue weighted by atomic mass is 10.0. The summed E-state index contributed by atoms with van der Waals surface area (Å²) in [5.41, 5.74) is 0.425. The Kier molecular flexibility index (Phi) is 6.25. The van der Waals surface area contributed by atoms with E-state index in [1.54, 1.807) is 6.07 Å². The second-order valence-electron chi connectivity index (χ2n) is 6.30. The fourth-order valence-corrected chi connectivity index (χ4v) is 4.15. The van der Waals surface area contributed by atoms with E-state index in [-0.39, 0.29) is 15.8 Å². The molecule has 1 N–H and O–H groups in total. The van der Waals surface area contributed by atoms with Crippen molar-refractivity contribution < 1.29 is 13.2 Å². The normalized spacial score (nSPS) is 19.5. The van der Waals surface area contributed by atoms with E-state index in [9.17, 15) is 13.2 Å². The van der Waals surface area contributed by atoms with Gasteiger partial charge in [-0.1, -0.05) is 18.0 Å². The quantitative estimate of drug-likeness (QED) is 0.860. The molecule has 1 atom stereocenters. The molecule has 1 aromatic carbocycles. The third-order valence-electron chi connectivity index (χ3n) is 4.26. The lowest BCUT2D eigenvalue weighted by molar-refractivity contribution is -0.118. The Hall–Kier alpha value is -1.15. The number of piperidine rings is 1. The molecule has 1 aromatic rings. The van der Waals surface area contributed by atoms with Crippen LogP contribution in [0.4, 0.5) is 5.69 Å². The van der Waals surface area contributed by atoms with Gasteiger partial charge in [0.05, 0.1) is 11.6 Å². The molecule has 1 aliphatic rings. The van der Waals surface area contributed by atoms with Gasteiger partial charge in [-0.2, -0.15) is 0 Å². The Morgan fingerprint density at radius 1 is 1.38 bits per heavy atom. The molecule has 1 heterocycles. The summed E-state index contributed by atoms with van der Waals surface area (Å²) >= 11 is 6.01. The molecule has 1 aliphatic heterocycles. The van der Waals surface area contributed by atoms with Crippen molar-refractivity contribution in [3.8, 4) is 0 Å². The minimum atomic E-state index is -3.66. The van der Waals surface area contributed by atoms with Gasteiger partial charge in [0.15, 0.2) is 0 Å². The average molecular weight is 374 g/mol. The highest BCUT2D eigenvalue weighted by atomic mass is 35.5. The number of sulfonamides is 1. The summed E-state index contributed by atoms with van der Waals surface area (Å²) in [6.07, 6.45) is 3.39. The highest BCUT2D eigenvalue weighted by Crippen LogP contribution is 2.27. The van der Waals surface area contributed by atoms with Crippen LogP contribution >= 0.6 is 11.6 Å². The topological polar surface area (TPSA) is 69.7 Å². The van der Waals surface area contributed by atoms with Gasteiger partial charge >= 0.3 is 0 Å². The molecule has 1 saturated heterocycles. The predicted molar refractivity (Wildman–Crippen MR) is 95.8 cm³/mol. The maximum absolute atomic E-state index is 12.3. The molecule has 0 aromatic heterocycles. The highest BCUT2D eigenvalue weighted by molar-refractivity contribution is 7.89. The summed E-state index contributed by atoms with van der Waals surface area (Å²) < 4.78 is 25.6. The molecule has 6 nitrogen and oxygen atoms in total. The number of hydrogen-bond donors (Lipinski definition) is 1. The van der Waals surface area contributed by atoms with Crippen LogP contribution in [0.5, 0.6) is 0 Å². The monoisotopic (exact) mass is 373 g/mol. The standard InChI is InChI=1S/C16H24ClN3O3S/c1-12-6-4-5-9-20(12)11-16(21)18-13-7-8-14(17)15(10-13)24(22,23)19(2)3/h7-8,10,12H,4-6,9,11H2,1-3H3,(H,18,21)/t12-/m1/s1. The molecule has 1 amide bonds. The predicted octanol–water partition coefficient (Wildman–Crippen LogP) is 2.40. The van der Waals surface area contributed by atoms with Crippen molar-refractivity contribution in [2.75, 3.05) is 32.5 Å². The second-order valence-corrected chi connectivity index (χ2v) is 8.82. The number of rotatable bonds is 5. The molecule has 0 aliphatic carbocycles. The van der Waals surface area contributed by atoms with E-state index in [0.717, 1.165) is 23.7 Å². The van der Waals surface area contributed by atoms with Crippen LogP contribution in [0, 0.1) is 0 Å².